The molecule has 0 aliphatic carbocycles. The van der Waals surface area contributed by atoms with Crippen molar-refractivity contribution in [3.63, 3.8) is 0 Å². The minimum atomic E-state index is -1.56. The fourth-order valence-electron chi connectivity index (χ4n) is 2.03. The summed E-state index contributed by atoms with van der Waals surface area (Å²) in [6, 6.07) is 4.32. The molecule has 0 aliphatic rings. The summed E-state index contributed by atoms with van der Waals surface area (Å²) in [5.41, 5.74) is 0.794. The smallest absolute Gasteiger partial charge is 0.194 e. The summed E-state index contributed by atoms with van der Waals surface area (Å²) < 4.78 is 55.2. The second-order valence-corrected chi connectivity index (χ2v) is 5.82. The number of H-pyrrole nitrogens is 1. The molecule has 3 rings (SSSR count). The molecule has 0 saturated carbocycles. The number of benzene rings is 2. The Hall–Kier alpha value is -1.42. The Balaban J connectivity index is 2.37. The number of hydrogen-bond donors (Lipinski definition) is 1. The van der Waals surface area contributed by atoms with Gasteiger partial charge in [0.25, 0.3) is 0 Å². The van der Waals surface area contributed by atoms with Crippen LogP contribution < -0.4 is 0 Å². The Bertz CT molecular complexity index is 909. The summed E-state index contributed by atoms with van der Waals surface area (Å²) in [5, 5.41) is 0. The molecule has 1 aromatic heterocycles. The van der Waals surface area contributed by atoms with Crippen LogP contribution in [0.1, 0.15) is 0 Å². The van der Waals surface area contributed by atoms with Crippen LogP contribution in [-0.4, -0.2) is 9.55 Å². The van der Waals surface area contributed by atoms with E-state index in [0.717, 1.165) is 12.1 Å². The number of rotatable bonds is 1. The number of aromatic nitrogens is 2. The van der Waals surface area contributed by atoms with Gasteiger partial charge in [-0.3, -0.25) is 4.57 Å². The van der Waals surface area contributed by atoms with E-state index >= 15 is 0 Å². The molecule has 0 unspecified atom stereocenters. The van der Waals surface area contributed by atoms with E-state index in [1.807, 2.05) is 22.6 Å². The van der Waals surface area contributed by atoms with Crippen molar-refractivity contribution in [2.45, 2.75) is 0 Å². The molecule has 0 amide bonds. The largest absolute Gasteiger partial charge is 0.330 e. The molecular weight excluding hydrogens is 419 g/mol. The van der Waals surface area contributed by atoms with Gasteiger partial charge in [-0.15, -0.1) is 0 Å². The zero-order valence-electron chi connectivity index (χ0n) is 10.1. The average Bonchev–Trinajstić information content (AvgIpc) is 2.71. The number of halogens is 5. The highest BCUT2D eigenvalue weighted by Gasteiger charge is 2.15. The predicted molar refractivity (Wildman–Crippen MR) is 81.0 cm³/mol. The Morgan fingerprint density at radius 1 is 0.952 bits per heavy atom. The summed E-state index contributed by atoms with van der Waals surface area (Å²) in [6.45, 7) is 0. The first-order valence-electron chi connectivity index (χ1n) is 5.63. The van der Waals surface area contributed by atoms with Gasteiger partial charge < -0.3 is 4.98 Å². The lowest BCUT2D eigenvalue weighted by Crippen LogP contribution is -1.99. The Labute approximate surface area is 134 Å². The van der Waals surface area contributed by atoms with Crippen LogP contribution in [0, 0.1) is 31.6 Å². The van der Waals surface area contributed by atoms with E-state index in [9.17, 15) is 17.6 Å². The Kier molecular flexibility index (Phi) is 3.52. The lowest BCUT2D eigenvalue weighted by Gasteiger charge is -2.06. The Morgan fingerprint density at radius 2 is 1.57 bits per heavy atom. The van der Waals surface area contributed by atoms with Crippen LogP contribution in [0.15, 0.2) is 24.3 Å². The van der Waals surface area contributed by atoms with Gasteiger partial charge >= 0.3 is 0 Å². The highest BCUT2D eigenvalue weighted by atomic mass is 127. The Morgan fingerprint density at radius 3 is 2.19 bits per heavy atom. The number of nitrogens with one attached hydrogen (secondary N) is 1. The zero-order valence-corrected chi connectivity index (χ0v) is 13.0. The van der Waals surface area contributed by atoms with E-state index in [0.29, 0.717) is 14.6 Å². The molecule has 0 bridgehead atoms. The summed E-state index contributed by atoms with van der Waals surface area (Å²) >= 11 is 6.90. The molecular formula is C13H5F4IN2S. The van der Waals surface area contributed by atoms with Gasteiger partial charge in [-0.2, -0.15) is 0 Å². The first-order valence-corrected chi connectivity index (χ1v) is 7.12. The molecule has 21 heavy (non-hydrogen) atoms. The minimum absolute atomic E-state index is 0.0248. The van der Waals surface area contributed by atoms with Crippen molar-refractivity contribution in [2.75, 3.05) is 0 Å². The lowest BCUT2D eigenvalue weighted by molar-refractivity contribution is 0.446. The molecule has 0 aliphatic heterocycles. The van der Waals surface area contributed by atoms with Gasteiger partial charge in [-0.05, 0) is 40.9 Å². The molecule has 108 valence electrons. The average molecular weight is 424 g/mol. The van der Waals surface area contributed by atoms with Crippen molar-refractivity contribution < 1.29 is 17.6 Å². The molecule has 2 nitrogen and oxygen atoms in total. The molecule has 0 spiro atoms. The van der Waals surface area contributed by atoms with Gasteiger partial charge in [0, 0.05) is 18.2 Å². The highest BCUT2D eigenvalue weighted by Crippen LogP contribution is 2.25. The molecule has 8 heteroatoms. The molecule has 0 radical (unpaired) electrons. The van der Waals surface area contributed by atoms with Crippen LogP contribution in [0.4, 0.5) is 17.6 Å². The number of imidazole rings is 1. The van der Waals surface area contributed by atoms with Crippen LogP contribution in [-0.2, 0) is 0 Å². The summed E-state index contributed by atoms with van der Waals surface area (Å²) in [4.78, 5) is 2.81. The molecule has 1 N–H and O–H groups in total. The van der Waals surface area contributed by atoms with E-state index in [1.165, 1.54) is 16.7 Å². The standard InChI is InChI=1S/C13H5F4IN2S/c14-6-3-11-10(4-9(6)18)19-13(21)20(11)5-1-7(15)12(17)8(16)2-5/h1-4H,(H,19,21). The number of hydrogen-bond acceptors (Lipinski definition) is 1. The number of fused-ring (bicyclic) bond motifs is 1. The maximum absolute atomic E-state index is 13.7. The maximum atomic E-state index is 13.7. The van der Waals surface area contributed by atoms with Crippen molar-refractivity contribution in [1.82, 2.24) is 9.55 Å². The van der Waals surface area contributed by atoms with Crippen molar-refractivity contribution >= 4 is 45.8 Å². The minimum Gasteiger partial charge on any atom is -0.330 e. The first kappa shape index (κ1) is 14.5. The van der Waals surface area contributed by atoms with Crippen molar-refractivity contribution in [3.8, 4) is 5.69 Å². The SMILES string of the molecule is Fc1cc2c(cc1I)[nH]c(=S)n2-c1cc(F)c(F)c(F)c1. The van der Waals surface area contributed by atoms with Crippen molar-refractivity contribution in [2.24, 2.45) is 0 Å². The van der Waals surface area contributed by atoms with E-state index in [-0.39, 0.29) is 10.5 Å². The van der Waals surface area contributed by atoms with Gasteiger partial charge in [0.05, 0.1) is 20.3 Å². The molecule has 0 fully saturated rings. The lowest BCUT2D eigenvalue weighted by atomic mass is 10.2. The van der Waals surface area contributed by atoms with E-state index in [1.54, 1.807) is 0 Å². The topological polar surface area (TPSA) is 20.7 Å². The van der Waals surface area contributed by atoms with E-state index in [4.69, 9.17) is 12.2 Å². The van der Waals surface area contributed by atoms with Gasteiger partial charge in [-0.1, -0.05) is 0 Å². The third-order valence-corrected chi connectivity index (χ3v) is 4.06. The normalized spacial score (nSPS) is 11.3. The van der Waals surface area contributed by atoms with Crippen molar-refractivity contribution in [3.05, 3.63) is 55.9 Å². The summed E-state index contributed by atoms with van der Waals surface area (Å²) in [7, 11) is 0. The highest BCUT2D eigenvalue weighted by molar-refractivity contribution is 14.1. The quantitative estimate of drug-likeness (QED) is 0.257. The van der Waals surface area contributed by atoms with Crippen LogP contribution >= 0.6 is 34.8 Å². The predicted octanol–water partition coefficient (Wildman–Crippen LogP) is 4.85. The van der Waals surface area contributed by atoms with Gasteiger partial charge in [-0.25, -0.2) is 17.6 Å². The second kappa shape index (κ2) is 5.09. The van der Waals surface area contributed by atoms with Crippen molar-refractivity contribution in [1.29, 1.82) is 0 Å². The first-order chi connectivity index (χ1) is 9.88. The fraction of sp³-hybridized carbons (Fsp3) is 0. The van der Waals surface area contributed by atoms with E-state index < -0.39 is 23.3 Å². The molecule has 1 heterocycles. The molecule has 0 atom stereocenters. The van der Waals surface area contributed by atoms with Crippen LogP contribution in [0.2, 0.25) is 0 Å². The molecule has 3 aromatic rings. The number of nitrogens with zero attached hydrogens (tertiary/aromatic N) is 1. The van der Waals surface area contributed by atoms with Gasteiger partial charge in [0.2, 0.25) is 0 Å². The van der Waals surface area contributed by atoms with E-state index in [2.05, 4.69) is 4.98 Å². The fourth-order valence-corrected chi connectivity index (χ4v) is 2.81. The zero-order chi connectivity index (χ0) is 15.3. The van der Waals surface area contributed by atoms with Gasteiger partial charge in [0.1, 0.15) is 5.82 Å². The molecule has 0 saturated heterocycles. The van der Waals surface area contributed by atoms with Crippen LogP contribution in [0.3, 0.4) is 0 Å². The summed E-state index contributed by atoms with van der Waals surface area (Å²) in [6.07, 6.45) is 0. The van der Waals surface area contributed by atoms with Crippen LogP contribution in [0.5, 0.6) is 0 Å². The summed E-state index contributed by atoms with van der Waals surface area (Å²) in [5.74, 6) is -4.74. The number of aromatic amines is 1. The maximum Gasteiger partial charge on any atom is 0.194 e. The monoisotopic (exact) mass is 424 g/mol. The second-order valence-electron chi connectivity index (χ2n) is 4.27. The van der Waals surface area contributed by atoms with Crippen LogP contribution in [0.25, 0.3) is 16.7 Å². The molecule has 2 aromatic carbocycles. The third-order valence-electron chi connectivity index (χ3n) is 2.95. The van der Waals surface area contributed by atoms with Gasteiger partial charge in [0.15, 0.2) is 22.2 Å². The third kappa shape index (κ3) is 2.35.